The number of nitrogens with zero attached hydrogens (tertiary/aromatic N) is 1. The SMILES string of the molecule is CC(=O)Nc1ccc([C@@H]2CC[C@@H](C)N2c2ccc(C(C)(C)C)cc2)cc1. The Balaban J connectivity index is 1.85. The quantitative estimate of drug-likeness (QED) is 0.773. The van der Waals surface area contributed by atoms with E-state index in [-0.39, 0.29) is 11.3 Å². The van der Waals surface area contributed by atoms with Crippen LogP contribution in [0.25, 0.3) is 0 Å². The van der Waals surface area contributed by atoms with Gasteiger partial charge < -0.3 is 10.2 Å². The molecule has 3 nitrogen and oxygen atoms in total. The van der Waals surface area contributed by atoms with Crippen molar-refractivity contribution in [2.45, 2.75) is 65.0 Å². The van der Waals surface area contributed by atoms with Crippen LogP contribution < -0.4 is 10.2 Å². The normalized spacial score (nSPS) is 20.3. The van der Waals surface area contributed by atoms with Crippen LogP contribution in [-0.4, -0.2) is 11.9 Å². The molecular formula is C23H30N2O. The van der Waals surface area contributed by atoms with Crippen LogP contribution in [-0.2, 0) is 10.2 Å². The van der Waals surface area contributed by atoms with Gasteiger partial charge in [0.1, 0.15) is 0 Å². The van der Waals surface area contributed by atoms with Crippen molar-refractivity contribution in [3.63, 3.8) is 0 Å². The van der Waals surface area contributed by atoms with E-state index in [1.165, 1.54) is 30.2 Å². The highest BCUT2D eigenvalue weighted by Gasteiger charge is 2.32. The lowest BCUT2D eigenvalue weighted by molar-refractivity contribution is -0.114. The van der Waals surface area contributed by atoms with Crippen molar-refractivity contribution in [2.24, 2.45) is 0 Å². The summed E-state index contributed by atoms with van der Waals surface area (Å²) in [5.74, 6) is -0.0344. The zero-order valence-corrected chi connectivity index (χ0v) is 16.5. The fourth-order valence-electron chi connectivity index (χ4n) is 3.87. The molecule has 1 fully saturated rings. The van der Waals surface area contributed by atoms with Crippen molar-refractivity contribution in [3.05, 3.63) is 59.7 Å². The third kappa shape index (κ3) is 3.92. The molecule has 0 spiro atoms. The first-order valence-corrected chi connectivity index (χ1v) is 9.52. The number of anilines is 2. The van der Waals surface area contributed by atoms with Gasteiger partial charge in [0, 0.05) is 24.3 Å². The van der Waals surface area contributed by atoms with Gasteiger partial charge in [0.2, 0.25) is 5.91 Å². The third-order valence-electron chi connectivity index (χ3n) is 5.32. The predicted octanol–water partition coefficient (Wildman–Crippen LogP) is 5.67. The Morgan fingerprint density at radius 3 is 2.15 bits per heavy atom. The predicted molar refractivity (Wildman–Crippen MR) is 110 cm³/mol. The number of nitrogens with one attached hydrogen (secondary N) is 1. The highest BCUT2D eigenvalue weighted by molar-refractivity contribution is 5.88. The number of carbonyl (C=O) groups excluding carboxylic acids is 1. The van der Waals surface area contributed by atoms with Gasteiger partial charge in [-0.2, -0.15) is 0 Å². The maximum Gasteiger partial charge on any atom is 0.221 e. The molecule has 138 valence electrons. The van der Waals surface area contributed by atoms with Crippen molar-refractivity contribution >= 4 is 17.3 Å². The first-order chi connectivity index (χ1) is 12.3. The topological polar surface area (TPSA) is 32.3 Å². The minimum atomic E-state index is -0.0344. The molecule has 1 amide bonds. The van der Waals surface area contributed by atoms with Gasteiger partial charge in [-0.05, 0) is 60.6 Å². The smallest absolute Gasteiger partial charge is 0.221 e. The summed E-state index contributed by atoms with van der Waals surface area (Å²) in [5.41, 5.74) is 4.99. The molecule has 26 heavy (non-hydrogen) atoms. The molecule has 0 bridgehead atoms. The van der Waals surface area contributed by atoms with Gasteiger partial charge in [-0.15, -0.1) is 0 Å². The summed E-state index contributed by atoms with van der Waals surface area (Å²) in [6.45, 7) is 10.6. The number of hydrogen-bond donors (Lipinski definition) is 1. The summed E-state index contributed by atoms with van der Waals surface area (Å²) in [6.07, 6.45) is 2.35. The van der Waals surface area contributed by atoms with Gasteiger partial charge in [0.25, 0.3) is 0 Å². The highest BCUT2D eigenvalue weighted by atomic mass is 16.1. The second-order valence-electron chi connectivity index (χ2n) is 8.45. The van der Waals surface area contributed by atoms with Gasteiger partial charge in [-0.1, -0.05) is 45.0 Å². The molecule has 1 N–H and O–H groups in total. The minimum Gasteiger partial charge on any atom is -0.362 e. The zero-order chi connectivity index (χ0) is 18.9. The number of hydrogen-bond acceptors (Lipinski definition) is 2. The molecule has 3 heteroatoms. The summed E-state index contributed by atoms with van der Waals surface area (Å²) in [5, 5.41) is 2.84. The van der Waals surface area contributed by atoms with Crippen LogP contribution >= 0.6 is 0 Å². The first-order valence-electron chi connectivity index (χ1n) is 9.52. The number of benzene rings is 2. The molecule has 2 aromatic carbocycles. The Bertz CT molecular complexity index is 756. The Hall–Kier alpha value is -2.29. The van der Waals surface area contributed by atoms with Crippen LogP contribution in [0.2, 0.25) is 0 Å². The summed E-state index contributed by atoms with van der Waals surface area (Å²) in [6, 6.07) is 18.2. The molecule has 0 radical (unpaired) electrons. The molecule has 0 saturated carbocycles. The van der Waals surface area contributed by atoms with Crippen LogP contribution in [0.4, 0.5) is 11.4 Å². The lowest BCUT2D eigenvalue weighted by Crippen LogP contribution is -2.29. The van der Waals surface area contributed by atoms with Crippen LogP contribution in [0.15, 0.2) is 48.5 Å². The lowest BCUT2D eigenvalue weighted by Gasteiger charge is -2.32. The average Bonchev–Trinajstić information content (AvgIpc) is 2.96. The van der Waals surface area contributed by atoms with Gasteiger partial charge in [0.05, 0.1) is 6.04 Å². The van der Waals surface area contributed by atoms with Crippen LogP contribution in [0.5, 0.6) is 0 Å². The molecule has 0 unspecified atom stereocenters. The molecule has 1 heterocycles. The monoisotopic (exact) mass is 350 g/mol. The number of rotatable bonds is 3. The summed E-state index contributed by atoms with van der Waals surface area (Å²) in [7, 11) is 0. The van der Waals surface area contributed by atoms with E-state index in [9.17, 15) is 4.79 Å². The molecule has 3 rings (SSSR count). The molecule has 1 aliphatic heterocycles. The van der Waals surface area contributed by atoms with E-state index in [1.54, 1.807) is 0 Å². The van der Waals surface area contributed by atoms with Crippen molar-refractivity contribution in [1.82, 2.24) is 0 Å². The van der Waals surface area contributed by atoms with Crippen LogP contribution in [0, 0.1) is 0 Å². The summed E-state index contributed by atoms with van der Waals surface area (Å²) < 4.78 is 0. The van der Waals surface area contributed by atoms with E-state index in [0.29, 0.717) is 12.1 Å². The zero-order valence-electron chi connectivity index (χ0n) is 16.5. The third-order valence-corrected chi connectivity index (χ3v) is 5.32. The fraction of sp³-hybridized carbons (Fsp3) is 0.435. The molecule has 2 aromatic rings. The Kier molecular flexibility index (Phi) is 5.08. The highest BCUT2D eigenvalue weighted by Crippen LogP contribution is 2.40. The standard InChI is InChI=1S/C23H30N2O/c1-16-6-15-22(18-7-11-20(12-8-18)24-17(2)26)25(16)21-13-9-19(10-14-21)23(3,4)5/h7-14,16,22H,6,15H2,1-5H3,(H,24,26)/t16-,22+/m1/s1. The van der Waals surface area contributed by atoms with Crippen LogP contribution in [0.3, 0.4) is 0 Å². The molecule has 0 aliphatic carbocycles. The summed E-state index contributed by atoms with van der Waals surface area (Å²) >= 11 is 0. The van der Waals surface area contributed by atoms with Crippen molar-refractivity contribution in [1.29, 1.82) is 0 Å². The number of carbonyl (C=O) groups is 1. The average molecular weight is 351 g/mol. The van der Waals surface area contributed by atoms with E-state index in [2.05, 4.69) is 74.3 Å². The van der Waals surface area contributed by atoms with E-state index < -0.39 is 0 Å². The second kappa shape index (κ2) is 7.14. The molecule has 1 saturated heterocycles. The maximum atomic E-state index is 11.2. The Morgan fingerprint density at radius 1 is 1.00 bits per heavy atom. The van der Waals surface area contributed by atoms with Crippen molar-refractivity contribution in [3.8, 4) is 0 Å². The van der Waals surface area contributed by atoms with Gasteiger partial charge >= 0.3 is 0 Å². The van der Waals surface area contributed by atoms with Gasteiger partial charge in [-0.3, -0.25) is 4.79 Å². The van der Waals surface area contributed by atoms with Crippen molar-refractivity contribution < 1.29 is 4.79 Å². The van der Waals surface area contributed by atoms with E-state index >= 15 is 0 Å². The fourth-order valence-corrected chi connectivity index (χ4v) is 3.87. The molecule has 1 aliphatic rings. The lowest BCUT2D eigenvalue weighted by atomic mass is 9.87. The maximum absolute atomic E-state index is 11.2. The first kappa shape index (κ1) is 18.5. The van der Waals surface area contributed by atoms with Gasteiger partial charge in [-0.25, -0.2) is 0 Å². The van der Waals surface area contributed by atoms with E-state index in [1.807, 2.05) is 12.1 Å². The number of amides is 1. The molecular weight excluding hydrogens is 320 g/mol. The second-order valence-corrected chi connectivity index (χ2v) is 8.45. The van der Waals surface area contributed by atoms with E-state index in [4.69, 9.17) is 0 Å². The molecule has 2 atom stereocenters. The Labute approximate surface area is 157 Å². The van der Waals surface area contributed by atoms with Gasteiger partial charge in [0.15, 0.2) is 0 Å². The Morgan fingerprint density at radius 2 is 1.62 bits per heavy atom. The molecule has 0 aromatic heterocycles. The van der Waals surface area contributed by atoms with E-state index in [0.717, 1.165) is 12.1 Å². The minimum absolute atomic E-state index is 0.0344. The van der Waals surface area contributed by atoms with Crippen molar-refractivity contribution in [2.75, 3.05) is 10.2 Å². The summed E-state index contributed by atoms with van der Waals surface area (Å²) in [4.78, 5) is 13.8. The largest absolute Gasteiger partial charge is 0.362 e. The van der Waals surface area contributed by atoms with Crippen LogP contribution in [0.1, 0.15) is 64.6 Å².